The smallest absolute Gasteiger partial charge is 0.312 e. The minimum atomic E-state index is -1.04. The average molecular weight is 318 g/mol. The number of nitro groups is 1. The molecule has 0 unspecified atom stereocenters. The van der Waals surface area contributed by atoms with Gasteiger partial charge in [0.1, 0.15) is 0 Å². The minimum absolute atomic E-state index is 0.127. The average Bonchev–Trinajstić information content (AvgIpc) is 2.21. The predicted molar refractivity (Wildman–Crippen MR) is 67.6 cm³/mol. The number of halogens is 1. The van der Waals surface area contributed by atoms with Crippen molar-refractivity contribution in [3.05, 3.63) is 32.3 Å². The van der Waals surface area contributed by atoms with E-state index in [1.165, 1.54) is 26.0 Å². The molecule has 2 N–H and O–H groups in total. The van der Waals surface area contributed by atoms with Crippen LogP contribution in [0.15, 0.2) is 16.6 Å². The number of aliphatic carboxylic acids is 1. The van der Waals surface area contributed by atoms with Crippen LogP contribution in [0.4, 0.5) is 5.69 Å². The molecule has 1 rings (SSSR count). The number of hydrogen-bond donors (Lipinski definition) is 2. The van der Waals surface area contributed by atoms with Gasteiger partial charge in [0.15, 0.2) is 0 Å². The van der Waals surface area contributed by atoms with Gasteiger partial charge in [0.05, 0.1) is 14.8 Å². The Morgan fingerprint density at radius 1 is 1.50 bits per heavy atom. The number of carboxylic acids is 1. The Morgan fingerprint density at radius 3 is 2.50 bits per heavy atom. The van der Waals surface area contributed by atoms with Crippen LogP contribution in [-0.2, 0) is 11.2 Å². The van der Waals surface area contributed by atoms with Gasteiger partial charge in [0.2, 0.25) is 5.75 Å². The molecule has 98 valence electrons. The predicted octanol–water partition coefficient (Wildman–Crippen LogP) is 2.72. The van der Waals surface area contributed by atoms with Crippen molar-refractivity contribution in [3.63, 3.8) is 0 Å². The number of aromatic hydroxyl groups is 1. The Labute approximate surface area is 112 Å². The third-order valence-electron chi connectivity index (χ3n) is 2.52. The Morgan fingerprint density at radius 2 is 2.06 bits per heavy atom. The Balaban J connectivity index is 3.20. The third kappa shape index (κ3) is 2.98. The van der Waals surface area contributed by atoms with Crippen LogP contribution in [0.5, 0.6) is 5.75 Å². The Kier molecular flexibility index (Phi) is 3.95. The second kappa shape index (κ2) is 4.93. The number of carboxylic acid groups (broad SMARTS) is 1. The molecule has 0 radical (unpaired) electrons. The van der Waals surface area contributed by atoms with Gasteiger partial charge in [-0.25, -0.2) is 0 Å². The zero-order chi connectivity index (χ0) is 14.1. The van der Waals surface area contributed by atoms with Gasteiger partial charge < -0.3 is 10.2 Å². The summed E-state index contributed by atoms with van der Waals surface area (Å²) < 4.78 is 0.174. The van der Waals surface area contributed by atoms with Crippen LogP contribution in [0.25, 0.3) is 0 Å². The first kappa shape index (κ1) is 14.4. The van der Waals surface area contributed by atoms with E-state index in [0.717, 1.165) is 0 Å². The van der Waals surface area contributed by atoms with Crippen LogP contribution in [0.2, 0.25) is 0 Å². The lowest BCUT2D eigenvalue weighted by Gasteiger charge is -2.19. The van der Waals surface area contributed by atoms with Gasteiger partial charge in [-0.2, -0.15) is 0 Å². The SMILES string of the molecule is CC(C)(Cc1cc(Br)c(O)c([N+](=O)[O-])c1)C(=O)O. The first-order valence-electron chi connectivity index (χ1n) is 5.04. The molecule has 0 saturated heterocycles. The molecule has 18 heavy (non-hydrogen) atoms. The van der Waals surface area contributed by atoms with E-state index in [2.05, 4.69) is 15.9 Å². The highest BCUT2D eigenvalue weighted by molar-refractivity contribution is 9.10. The largest absolute Gasteiger partial charge is 0.501 e. The van der Waals surface area contributed by atoms with E-state index in [0.29, 0.717) is 5.56 Å². The molecule has 0 atom stereocenters. The molecule has 0 saturated carbocycles. The molecular weight excluding hydrogens is 306 g/mol. The normalized spacial score (nSPS) is 11.3. The van der Waals surface area contributed by atoms with Crippen molar-refractivity contribution in [1.29, 1.82) is 0 Å². The van der Waals surface area contributed by atoms with Crippen LogP contribution in [0.3, 0.4) is 0 Å². The van der Waals surface area contributed by atoms with E-state index in [-0.39, 0.29) is 10.9 Å². The standard InChI is InChI=1S/C11H12BrNO5/c1-11(2,10(15)16)5-6-3-7(12)9(14)8(4-6)13(17)18/h3-4,14H,5H2,1-2H3,(H,15,16). The summed E-state index contributed by atoms with van der Waals surface area (Å²) in [5.41, 5.74) is -1.01. The van der Waals surface area contributed by atoms with Gasteiger partial charge in [-0.1, -0.05) is 0 Å². The van der Waals surface area contributed by atoms with Crippen molar-refractivity contribution in [3.8, 4) is 5.75 Å². The molecule has 1 aromatic rings. The van der Waals surface area contributed by atoms with Gasteiger partial charge in [0.25, 0.3) is 0 Å². The quantitative estimate of drug-likeness (QED) is 0.656. The third-order valence-corrected chi connectivity index (χ3v) is 3.13. The van der Waals surface area contributed by atoms with Crippen LogP contribution in [0.1, 0.15) is 19.4 Å². The summed E-state index contributed by atoms with van der Waals surface area (Å²) in [6.07, 6.45) is 0.127. The highest BCUT2D eigenvalue weighted by Crippen LogP contribution is 2.36. The van der Waals surface area contributed by atoms with Crippen LogP contribution in [-0.4, -0.2) is 21.1 Å². The minimum Gasteiger partial charge on any atom is -0.501 e. The Hall–Kier alpha value is -1.63. The van der Waals surface area contributed by atoms with Gasteiger partial charge in [-0.15, -0.1) is 0 Å². The van der Waals surface area contributed by atoms with Crippen molar-refractivity contribution < 1.29 is 19.9 Å². The van der Waals surface area contributed by atoms with Crippen LogP contribution in [0, 0.1) is 15.5 Å². The molecule has 0 bridgehead atoms. The molecule has 7 heteroatoms. The summed E-state index contributed by atoms with van der Waals surface area (Å²) >= 11 is 3.01. The number of hydrogen-bond acceptors (Lipinski definition) is 4. The maximum atomic E-state index is 11.0. The number of phenols is 1. The van der Waals surface area contributed by atoms with E-state index in [1.54, 1.807) is 0 Å². The van der Waals surface area contributed by atoms with E-state index < -0.39 is 27.7 Å². The molecule has 0 aromatic heterocycles. The van der Waals surface area contributed by atoms with Crippen molar-refractivity contribution in [2.45, 2.75) is 20.3 Å². The molecule has 0 aliphatic carbocycles. The number of carbonyl (C=O) groups is 1. The molecule has 0 amide bonds. The summed E-state index contributed by atoms with van der Waals surface area (Å²) in [7, 11) is 0. The molecule has 0 fully saturated rings. The highest BCUT2D eigenvalue weighted by atomic mass is 79.9. The second-order valence-electron chi connectivity index (χ2n) is 4.57. The highest BCUT2D eigenvalue weighted by Gasteiger charge is 2.29. The molecule has 6 nitrogen and oxygen atoms in total. The van der Waals surface area contributed by atoms with Gasteiger partial charge in [-0.05, 0) is 47.8 Å². The zero-order valence-corrected chi connectivity index (χ0v) is 11.4. The fourth-order valence-corrected chi connectivity index (χ4v) is 1.96. The number of nitro benzene ring substituents is 1. The van der Waals surface area contributed by atoms with E-state index >= 15 is 0 Å². The molecule has 0 aliphatic rings. The first-order chi connectivity index (χ1) is 8.15. The summed E-state index contributed by atoms with van der Waals surface area (Å²) in [4.78, 5) is 21.0. The number of benzene rings is 1. The van der Waals surface area contributed by atoms with Crippen molar-refractivity contribution in [1.82, 2.24) is 0 Å². The Bertz CT molecular complexity index is 512. The maximum Gasteiger partial charge on any atom is 0.312 e. The van der Waals surface area contributed by atoms with E-state index in [4.69, 9.17) is 5.11 Å². The van der Waals surface area contributed by atoms with Gasteiger partial charge in [0, 0.05) is 6.07 Å². The lowest BCUT2D eigenvalue weighted by Crippen LogP contribution is -2.26. The zero-order valence-electron chi connectivity index (χ0n) is 9.81. The lowest BCUT2D eigenvalue weighted by atomic mass is 9.86. The van der Waals surface area contributed by atoms with Gasteiger partial charge >= 0.3 is 11.7 Å². The van der Waals surface area contributed by atoms with Crippen LogP contribution >= 0.6 is 15.9 Å². The fourth-order valence-electron chi connectivity index (χ4n) is 1.47. The monoisotopic (exact) mass is 317 g/mol. The first-order valence-corrected chi connectivity index (χ1v) is 5.83. The molecule has 0 aliphatic heterocycles. The van der Waals surface area contributed by atoms with Crippen molar-refractivity contribution in [2.24, 2.45) is 5.41 Å². The van der Waals surface area contributed by atoms with Crippen molar-refractivity contribution in [2.75, 3.05) is 0 Å². The van der Waals surface area contributed by atoms with E-state index in [1.807, 2.05) is 0 Å². The summed E-state index contributed by atoms with van der Waals surface area (Å²) in [5.74, 6) is -1.45. The van der Waals surface area contributed by atoms with E-state index in [9.17, 15) is 20.0 Å². The maximum absolute atomic E-state index is 11.0. The molecular formula is C11H12BrNO5. The molecule has 0 spiro atoms. The molecule has 0 heterocycles. The fraction of sp³-hybridized carbons (Fsp3) is 0.364. The lowest BCUT2D eigenvalue weighted by molar-refractivity contribution is -0.386. The van der Waals surface area contributed by atoms with Crippen LogP contribution < -0.4 is 0 Å². The molecule has 1 aromatic carbocycles. The van der Waals surface area contributed by atoms with Crippen molar-refractivity contribution >= 4 is 27.6 Å². The number of phenolic OH excluding ortho intramolecular Hbond substituents is 1. The summed E-state index contributed by atoms with van der Waals surface area (Å²) in [6.45, 7) is 3.06. The number of nitrogens with zero attached hydrogens (tertiary/aromatic N) is 1. The number of rotatable bonds is 4. The topological polar surface area (TPSA) is 101 Å². The second-order valence-corrected chi connectivity index (χ2v) is 5.42. The summed E-state index contributed by atoms with van der Waals surface area (Å²) in [6, 6.07) is 2.66. The van der Waals surface area contributed by atoms with Gasteiger partial charge in [-0.3, -0.25) is 14.9 Å². The summed E-state index contributed by atoms with van der Waals surface area (Å²) in [5, 5.41) is 29.2.